The van der Waals surface area contributed by atoms with Gasteiger partial charge >= 0.3 is 6.03 Å². The molecule has 3 rings (SSSR count). The molecule has 0 spiro atoms. The fraction of sp³-hybridized carbons (Fsp3) is 0.476. The summed E-state index contributed by atoms with van der Waals surface area (Å²) >= 11 is 0. The zero-order chi connectivity index (χ0) is 21.0. The third-order valence-electron chi connectivity index (χ3n) is 5.65. The summed E-state index contributed by atoms with van der Waals surface area (Å²) in [5.41, 5.74) is 0.407. The Morgan fingerprint density at radius 3 is 2.48 bits per heavy atom. The molecule has 0 aromatic heterocycles. The van der Waals surface area contributed by atoms with Gasteiger partial charge in [-0.1, -0.05) is 31.4 Å². The zero-order valence-electron chi connectivity index (χ0n) is 16.5. The molecule has 0 bridgehead atoms. The Hall–Kier alpha value is -2.90. The van der Waals surface area contributed by atoms with Gasteiger partial charge in [0.25, 0.3) is 5.91 Å². The average molecular weight is 403 g/mol. The largest absolute Gasteiger partial charge is 0.503 e. The van der Waals surface area contributed by atoms with Crippen molar-refractivity contribution in [3.63, 3.8) is 0 Å². The number of aliphatic hydroxyl groups is 1. The summed E-state index contributed by atoms with van der Waals surface area (Å²) in [4.78, 5) is 41.5. The predicted molar refractivity (Wildman–Crippen MR) is 104 cm³/mol. The Labute approximate surface area is 169 Å². The second-order valence-corrected chi connectivity index (χ2v) is 7.54. The van der Waals surface area contributed by atoms with E-state index in [9.17, 15) is 23.9 Å². The van der Waals surface area contributed by atoms with Crippen molar-refractivity contribution in [3.8, 4) is 0 Å². The quantitative estimate of drug-likeness (QED) is 0.476. The second kappa shape index (κ2) is 9.07. The minimum atomic E-state index is -0.760. The van der Waals surface area contributed by atoms with Gasteiger partial charge in [-0.3, -0.25) is 14.5 Å². The monoisotopic (exact) mass is 403 g/mol. The molecule has 2 aliphatic rings. The van der Waals surface area contributed by atoms with Gasteiger partial charge in [0.1, 0.15) is 5.82 Å². The summed E-state index contributed by atoms with van der Waals surface area (Å²) in [6, 6.07) is 5.44. The topological polar surface area (TPSA) is 81.2 Å². The van der Waals surface area contributed by atoms with E-state index in [0.717, 1.165) is 32.1 Å². The third-order valence-corrected chi connectivity index (χ3v) is 5.65. The highest BCUT2D eigenvalue weighted by Gasteiger charge is 2.38. The first-order valence-corrected chi connectivity index (χ1v) is 9.89. The SMILES string of the molecule is CN(C(=O)N1CCN(Cc2ccc(F)cc2)C(=O)/C1=C(\O)C=O)C1CCCCC1. The van der Waals surface area contributed by atoms with Crippen molar-refractivity contribution < 1.29 is 23.9 Å². The van der Waals surface area contributed by atoms with E-state index in [1.54, 1.807) is 24.1 Å². The van der Waals surface area contributed by atoms with Crippen LogP contribution in [0.15, 0.2) is 35.7 Å². The van der Waals surface area contributed by atoms with Gasteiger partial charge in [-0.25, -0.2) is 9.18 Å². The molecule has 29 heavy (non-hydrogen) atoms. The third kappa shape index (κ3) is 4.58. The van der Waals surface area contributed by atoms with E-state index < -0.39 is 17.7 Å². The number of allylic oxidation sites excluding steroid dienone is 1. The number of halogens is 1. The summed E-state index contributed by atoms with van der Waals surface area (Å²) in [5.74, 6) is -1.74. The first-order chi connectivity index (χ1) is 13.9. The standard InChI is InChI=1S/C21H26FN3O4/c1-23(17-5-3-2-4-6-17)21(29)25-12-11-24(20(28)19(25)18(27)14-26)13-15-7-9-16(22)10-8-15/h7-10,14,17,27H,2-6,11-13H2,1H3/b19-18+. The lowest BCUT2D eigenvalue weighted by Crippen LogP contribution is -2.55. The lowest BCUT2D eigenvalue weighted by molar-refractivity contribution is -0.132. The van der Waals surface area contributed by atoms with Crippen molar-refractivity contribution in [1.82, 2.24) is 14.7 Å². The molecule has 1 N–H and O–H groups in total. The molecule has 0 unspecified atom stereocenters. The molecule has 0 radical (unpaired) electrons. The maximum atomic E-state index is 13.1. The van der Waals surface area contributed by atoms with E-state index in [1.165, 1.54) is 21.9 Å². The Morgan fingerprint density at radius 1 is 1.21 bits per heavy atom. The van der Waals surface area contributed by atoms with Gasteiger partial charge in [0.2, 0.25) is 0 Å². The molecule has 2 fully saturated rings. The molecule has 8 heteroatoms. The lowest BCUT2D eigenvalue weighted by Gasteiger charge is -2.40. The number of aldehydes is 1. The van der Waals surface area contributed by atoms with Gasteiger partial charge in [0.05, 0.1) is 0 Å². The number of carbonyl (C=O) groups is 3. The summed E-state index contributed by atoms with van der Waals surface area (Å²) in [6.07, 6.45) is 5.23. The van der Waals surface area contributed by atoms with E-state index in [2.05, 4.69) is 0 Å². The number of benzene rings is 1. The molecular weight excluding hydrogens is 377 g/mol. The van der Waals surface area contributed by atoms with Gasteiger partial charge in [-0.05, 0) is 30.5 Å². The van der Waals surface area contributed by atoms with Crippen LogP contribution in [0.1, 0.15) is 37.7 Å². The number of urea groups is 1. The maximum Gasteiger partial charge on any atom is 0.324 e. The van der Waals surface area contributed by atoms with Crippen molar-refractivity contribution in [2.24, 2.45) is 0 Å². The van der Waals surface area contributed by atoms with Crippen LogP contribution in [-0.4, -0.2) is 64.2 Å². The first kappa shape index (κ1) is 20.8. The Balaban J connectivity index is 1.79. The van der Waals surface area contributed by atoms with Gasteiger partial charge in [0.15, 0.2) is 17.7 Å². The number of hydrogen-bond donors (Lipinski definition) is 1. The number of piperazine rings is 1. The van der Waals surface area contributed by atoms with E-state index >= 15 is 0 Å². The van der Waals surface area contributed by atoms with E-state index in [4.69, 9.17) is 0 Å². The van der Waals surface area contributed by atoms with Gasteiger partial charge in [-0.2, -0.15) is 0 Å². The number of carbonyl (C=O) groups excluding carboxylic acids is 3. The summed E-state index contributed by atoms with van der Waals surface area (Å²) in [6.45, 7) is 0.599. The predicted octanol–water partition coefficient (Wildman–Crippen LogP) is 2.82. The number of hydrogen-bond acceptors (Lipinski definition) is 4. The zero-order valence-corrected chi connectivity index (χ0v) is 16.5. The number of amides is 3. The van der Waals surface area contributed by atoms with Crippen LogP contribution in [0.5, 0.6) is 0 Å². The highest BCUT2D eigenvalue weighted by Crippen LogP contribution is 2.26. The van der Waals surface area contributed by atoms with Crippen molar-refractivity contribution in [2.45, 2.75) is 44.7 Å². The van der Waals surface area contributed by atoms with Gasteiger partial charge < -0.3 is 14.9 Å². The van der Waals surface area contributed by atoms with Crippen molar-refractivity contribution in [1.29, 1.82) is 0 Å². The normalized spacial score (nSPS) is 19.9. The van der Waals surface area contributed by atoms with Crippen LogP contribution in [0.2, 0.25) is 0 Å². The molecule has 1 aromatic rings. The Kier molecular flexibility index (Phi) is 6.51. The number of aliphatic hydroxyl groups excluding tert-OH is 1. The highest BCUT2D eigenvalue weighted by atomic mass is 19.1. The van der Waals surface area contributed by atoms with E-state index in [1.807, 2.05) is 0 Å². The van der Waals surface area contributed by atoms with Crippen LogP contribution in [0, 0.1) is 5.82 Å². The fourth-order valence-corrected chi connectivity index (χ4v) is 3.97. The Morgan fingerprint density at radius 2 is 1.86 bits per heavy atom. The number of nitrogens with zero attached hydrogens (tertiary/aromatic N) is 3. The summed E-state index contributed by atoms with van der Waals surface area (Å²) < 4.78 is 13.1. The summed E-state index contributed by atoms with van der Waals surface area (Å²) in [7, 11) is 1.70. The molecule has 1 aliphatic carbocycles. The minimum absolute atomic E-state index is 0.0863. The van der Waals surface area contributed by atoms with Crippen molar-refractivity contribution >= 4 is 18.2 Å². The van der Waals surface area contributed by atoms with Crippen molar-refractivity contribution in [2.75, 3.05) is 20.1 Å². The van der Waals surface area contributed by atoms with Crippen LogP contribution in [0.4, 0.5) is 9.18 Å². The smallest absolute Gasteiger partial charge is 0.324 e. The number of rotatable bonds is 4. The average Bonchev–Trinajstić information content (AvgIpc) is 2.75. The molecule has 0 atom stereocenters. The molecule has 1 aromatic carbocycles. The minimum Gasteiger partial charge on any atom is -0.503 e. The van der Waals surface area contributed by atoms with Crippen LogP contribution in [-0.2, 0) is 16.1 Å². The molecule has 7 nitrogen and oxygen atoms in total. The van der Waals surface area contributed by atoms with Crippen molar-refractivity contribution in [3.05, 3.63) is 47.1 Å². The molecule has 1 saturated heterocycles. The van der Waals surface area contributed by atoms with E-state index in [-0.39, 0.29) is 43.5 Å². The first-order valence-electron chi connectivity index (χ1n) is 9.89. The fourth-order valence-electron chi connectivity index (χ4n) is 3.97. The van der Waals surface area contributed by atoms with E-state index in [0.29, 0.717) is 5.56 Å². The van der Waals surface area contributed by atoms with Crippen LogP contribution in [0.3, 0.4) is 0 Å². The Bertz CT molecular complexity index is 803. The van der Waals surface area contributed by atoms with Gasteiger partial charge in [0, 0.05) is 32.7 Å². The molecule has 1 saturated carbocycles. The summed E-state index contributed by atoms with van der Waals surface area (Å²) in [5, 5.41) is 10.1. The molecule has 1 heterocycles. The molecule has 1 aliphatic heterocycles. The van der Waals surface area contributed by atoms with Gasteiger partial charge in [-0.15, -0.1) is 0 Å². The molecular formula is C21H26FN3O4. The van der Waals surface area contributed by atoms with Crippen LogP contribution < -0.4 is 0 Å². The molecule has 156 valence electrons. The maximum absolute atomic E-state index is 13.1. The highest BCUT2D eigenvalue weighted by molar-refractivity contribution is 6.01. The van der Waals surface area contributed by atoms with Crippen LogP contribution in [0.25, 0.3) is 0 Å². The molecule has 3 amide bonds. The second-order valence-electron chi connectivity index (χ2n) is 7.54. The van der Waals surface area contributed by atoms with Crippen LogP contribution >= 0.6 is 0 Å². The lowest BCUT2D eigenvalue weighted by atomic mass is 9.94.